The Hall–Kier alpha value is -3.39. The molecule has 0 aliphatic carbocycles. The SMILES string of the molecule is Nc1ccc(-c2ccc(-c3ccccc3S(=O)(=O)N3CC4=C3CO4)cc2F)cn1. The van der Waals surface area contributed by atoms with Gasteiger partial charge in [0.15, 0.2) is 0 Å². The molecule has 29 heavy (non-hydrogen) atoms. The van der Waals surface area contributed by atoms with Crippen LogP contribution in [0.15, 0.2) is 77.1 Å². The molecule has 0 unspecified atom stereocenters. The first kappa shape index (κ1) is 17.7. The standard InChI is InChI=1S/C21H16FN3O3S/c22-17-9-13(5-7-15(17)14-6-8-21(23)24-10-14)16-3-1-2-4-20(16)29(26,27)25-11-19-18(25)12-28-19/h1-10H,11-12H2,(H2,23,24). The largest absolute Gasteiger partial charge is 0.488 e. The molecule has 3 heterocycles. The molecule has 0 saturated carbocycles. The molecule has 6 nitrogen and oxygen atoms in total. The number of ether oxygens (including phenoxy) is 1. The molecule has 0 radical (unpaired) electrons. The number of morpholine rings is 1. The summed E-state index contributed by atoms with van der Waals surface area (Å²) in [5.74, 6) is 0.604. The minimum Gasteiger partial charge on any atom is -0.488 e. The summed E-state index contributed by atoms with van der Waals surface area (Å²) >= 11 is 0. The van der Waals surface area contributed by atoms with Crippen LogP contribution in [0.1, 0.15) is 0 Å². The number of aromatic nitrogens is 1. The summed E-state index contributed by atoms with van der Waals surface area (Å²) in [5, 5.41) is 0. The van der Waals surface area contributed by atoms with Crippen molar-refractivity contribution in [2.75, 3.05) is 18.9 Å². The van der Waals surface area contributed by atoms with E-state index in [4.69, 9.17) is 10.5 Å². The van der Waals surface area contributed by atoms with Crippen molar-refractivity contribution in [3.05, 3.63) is 78.1 Å². The van der Waals surface area contributed by atoms with E-state index in [-0.39, 0.29) is 11.4 Å². The van der Waals surface area contributed by atoms with Crippen LogP contribution in [-0.2, 0) is 14.8 Å². The van der Waals surface area contributed by atoms with Gasteiger partial charge in [-0.15, -0.1) is 0 Å². The summed E-state index contributed by atoms with van der Waals surface area (Å²) in [6.45, 7) is 0.541. The van der Waals surface area contributed by atoms with Gasteiger partial charge in [-0.2, -0.15) is 0 Å². The Morgan fingerprint density at radius 2 is 1.83 bits per heavy atom. The van der Waals surface area contributed by atoms with Crippen LogP contribution in [0.25, 0.3) is 22.3 Å². The van der Waals surface area contributed by atoms with Gasteiger partial charge in [-0.3, -0.25) is 4.31 Å². The highest BCUT2D eigenvalue weighted by Crippen LogP contribution is 2.40. The summed E-state index contributed by atoms with van der Waals surface area (Å²) in [7, 11) is -3.74. The first-order chi connectivity index (χ1) is 13.9. The number of hydrogen-bond acceptors (Lipinski definition) is 5. The molecule has 8 heteroatoms. The number of nitrogen functional groups attached to an aromatic ring is 1. The number of anilines is 1. The molecule has 0 atom stereocenters. The first-order valence-corrected chi connectivity index (χ1v) is 10.4. The second-order valence-corrected chi connectivity index (χ2v) is 8.66. The van der Waals surface area contributed by atoms with Crippen molar-refractivity contribution in [2.24, 2.45) is 0 Å². The molecule has 2 aliphatic heterocycles. The van der Waals surface area contributed by atoms with E-state index in [9.17, 15) is 12.8 Å². The third kappa shape index (κ3) is 2.75. The van der Waals surface area contributed by atoms with Crippen molar-refractivity contribution in [3.63, 3.8) is 0 Å². The number of pyridine rings is 1. The molecule has 0 bridgehead atoms. The van der Waals surface area contributed by atoms with Crippen LogP contribution in [0.4, 0.5) is 10.2 Å². The molecular weight excluding hydrogens is 393 g/mol. The number of benzene rings is 2. The lowest BCUT2D eigenvalue weighted by Crippen LogP contribution is -2.48. The van der Waals surface area contributed by atoms with E-state index in [1.54, 1.807) is 48.5 Å². The fourth-order valence-electron chi connectivity index (χ4n) is 3.48. The summed E-state index contributed by atoms with van der Waals surface area (Å²) in [6, 6.07) is 14.6. The van der Waals surface area contributed by atoms with Gasteiger partial charge in [0, 0.05) is 22.9 Å². The Labute approximate surface area is 167 Å². The lowest BCUT2D eigenvalue weighted by molar-refractivity contribution is 0.0878. The Bertz CT molecular complexity index is 1270. The third-order valence-electron chi connectivity index (χ3n) is 5.13. The fraction of sp³-hybridized carbons (Fsp3) is 0.0952. The summed E-state index contributed by atoms with van der Waals surface area (Å²) in [5.41, 5.74) is 8.16. The van der Waals surface area contributed by atoms with Crippen LogP contribution >= 0.6 is 0 Å². The van der Waals surface area contributed by atoms with Crippen LogP contribution in [0, 0.1) is 5.82 Å². The third-order valence-corrected chi connectivity index (χ3v) is 6.97. The normalized spacial score (nSPS) is 15.3. The zero-order valence-corrected chi connectivity index (χ0v) is 16.0. The van der Waals surface area contributed by atoms with Gasteiger partial charge in [0.2, 0.25) is 0 Å². The van der Waals surface area contributed by atoms with Gasteiger partial charge in [-0.05, 0) is 29.8 Å². The van der Waals surface area contributed by atoms with E-state index in [0.29, 0.717) is 40.4 Å². The van der Waals surface area contributed by atoms with Crippen LogP contribution in [-0.4, -0.2) is 30.9 Å². The molecule has 0 fully saturated rings. The second-order valence-electron chi connectivity index (χ2n) is 6.83. The summed E-state index contributed by atoms with van der Waals surface area (Å²) in [4.78, 5) is 4.13. The van der Waals surface area contributed by atoms with Crippen molar-refractivity contribution in [3.8, 4) is 22.3 Å². The van der Waals surface area contributed by atoms with Crippen LogP contribution in [0.5, 0.6) is 0 Å². The maximum atomic E-state index is 14.9. The van der Waals surface area contributed by atoms with Crippen molar-refractivity contribution in [2.45, 2.75) is 4.90 Å². The highest BCUT2D eigenvalue weighted by Gasteiger charge is 2.43. The van der Waals surface area contributed by atoms with E-state index >= 15 is 0 Å². The first-order valence-electron chi connectivity index (χ1n) is 8.93. The van der Waals surface area contributed by atoms with Crippen LogP contribution in [0.2, 0.25) is 0 Å². The smallest absolute Gasteiger partial charge is 0.265 e. The monoisotopic (exact) mass is 409 g/mol. The average molecular weight is 409 g/mol. The number of sulfonamides is 1. The van der Waals surface area contributed by atoms with Crippen LogP contribution < -0.4 is 5.73 Å². The molecule has 5 rings (SSSR count). The lowest BCUT2D eigenvalue weighted by atomic mass is 10.0. The van der Waals surface area contributed by atoms with Crippen molar-refractivity contribution in [1.29, 1.82) is 0 Å². The van der Waals surface area contributed by atoms with E-state index < -0.39 is 15.8 Å². The molecule has 2 N–H and O–H groups in total. The molecule has 1 aromatic heterocycles. The lowest BCUT2D eigenvalue weighted by Gasteiger charge is -2.43. The summed E-state index contributed by atoms with van der Waals surface area (Å²) in [6.07, 6.45) is 1.50. The molecule has 0 saturated heterocycles. The Kier molecular flexibility index (Phi) is 3.85. The van der Waals surface area contributed by atoms with E-state index in [1.807, 2.05) is 0 Å². The molecule has 0 spiro atoms. The number of halogens is 1. The zero-order valence-electron chi connectivity index (χ0n) is 15.2. The molecule has 146 valence electrons. The van der Waals surface area contributed by atoms with Gasteiger partial charge < -0.3 is 10.5 Å². The minimum atomic E-state index is -3.74. The van der Waals surface area contributed by atoms with Gasteiger partial charge in [0.1, 0.15) is 29.7 Å². The van der Waals surface area contributed by atoms with Crippen LogP contribution in [0.3, 0.4) is 0 Å². The second kappa shape index (κ2) is 6.31. The fourth-order valence-corrected chi connectivity index (χ4v) is 5.17. The van der Waals surface area contributed by atoms with Crippen molar-refractivity contribution in [1.82, 2.24) is 9.29 Å². The predicted octanol–water partition coefficient (Wildman–Crippen LogP) is 3.38. The van der Waals surface area contributed by atoms with E-state index in [2.05, 4.69) is 4.98 Å². The molecule has 2 aliphatic rings. The predicted molar refractivity (Wildman–Crippen MR) is 106 cm³/mol. The maximum absolute atomic E-state index is 14.9. The zero-order chi connectivity index (χ0) is 20.2. The number of rotatable bonds is 4. The molecule has 0 amide bonds. The molecular formula is C21H16FN3O3S. The number of nitrogens with zero attached hydrogens (tertiary/aromatic N) is 2. The van der Waals surface area contributed by atoms with Gasteiger partial charge in [-0.1, -0.05) is 30.3 Å². The van der Waals surface area contributed by atoms with Gasteiger partial charge in [0.25, 0.3) is 10.0 Å². The molecule has 2 aromatic carbocycles. The number of hydrogen-bond donors (Lipinski definition) is 1. The average Bonchev–Trinajstić information content (AvgIpc) is 2.70. The Morgan fingerprint density at radius 1 is 1.03 bits per heavy atom. The number of nitrogens with two attached hydrogens (primary N) is 1. The van der Waals surface area contributed by atoms with Gasteiger partial charge >= 0.3 is 0 Å². The Morgan fingerprint density at radius 3 is 2.45 bits per heavy atom. The van der Waals surface area contributed by atoms with Crippen molar-refractivity contribution < 1.29 is 17.5 Å². The molecule has 3 aromatic rings. The van der Waals surface area contributed by atoms with E-state index in [0.717, 1.165) is 5.76 Å². The van der Waals surface area contributed by atoms with Crippen molar-refractivity contribution >= 4 is 15.8 Å². The quantitative estimate of drug-likeness (QED) is 0.714. The highest BCUT2D eigenvalue weighted by molar-refractivity contribution is 7.89. The van der Waals surface area contributed by atoms with Gasteiger partial charge in [-0.25, -0.2) is 17.8 Å². The van der Waals surface area contributed by atoms with Gasteiger partial charge in [0.05, 0.1) is 11.4 Å². The summed E-state index contributed by atoms with van der Waals surface area (Å²) < 4.78 is 47.7. The maximum Gasteiger partial charge on any atom is 0.265 e. The Balaban J connectivity index is 1.56. The minimum absolute atomic E-state index is 0.139. The highest BCUT2D eigenvalue weighted by atomic mass is 32.2. The van der Waals surface area contributed by atoms with E-state index in [1.165, 1.54) is 16.6 Å². The topological polar surface area (TPSA) is 85.5 Å².